The van der Waals surface area contributed by atoms with Gasteiger partial charge in [0.15, 0.2) is 11.6 Å². The quantitative estimate of drug-likeness (QED) is 0.607. The Morgan fingerprint density at radius 2 is 2.44 bits per heavy atom. The average molecular weight is 337 g/mol. The molecular formula is C10H12INO4. The molecule has 88 valence electrons. The van der Waals surface area contributed by atoms with Crippen molar-refractivity contribution in [1.29, 1.82) is 0 Å². The van der Waals surface area contributed by atoms with Crippen LogP contribution in [0.3, 0.4) is 0 Å². The monoisotopic (exact) mass is 337 g/mol. The molecule has 1 aromatic heterocycles. The average Bonchev–Trinajstić information content (AvgIpc) is 2.76. The number of methoxy groups -OCH3 is 2. The molecule has 0 fully saturated rings. The van der Waals surface area contributed by atoms with Crippen molar-refractivity contribution in [3.63, 3.8) is 0 Å². The first-order chi connectivity index (χ1) is 7.71. The van der Waals surface area contributed by atoms with E-state index in [0.717, 1.165) is 0 Å². The van der Waals surface area contributed by atoms with Crippen LogP contribution in [0.5, 0.6) is 0 Å². The normalized spacial score (nSPS) is 12.9. The highest BCUT2D eigenvalue weighted by Crippen LogP contribution is 2.09. The Morgan fingerprint density at radius 3 is 3.00 bits per heavy atom. The first-order valence-corrected chi connectivity index (χ1v) is 5.78. The number of rotatable bonds is 5. The number of hydrogen-bond donors (Lipinski definition) is 0. The van der Waals surface area contributed by atoms with Crippen molar-refractivity contribution in [2.75, 3.05) is 14.2 Å². The fraction of sp³-hybridized carbons (Fsp3) is 0.400. The number of esters is 1. The van der Waals surface area contributed by atoms with E-state index >= 15 is 0 Å². The molecule has 5 nitrogen and oxygen atoms in total. The maximum absolute atomic E-state index is 11.1. The number of aromatic nitrogens is 1. The van der Waals surface area contributed by atoms with Crippen LogP contribution in [0.15, 0.2) is 20.8 Å². The van der Waals surface area contributed by atoms with Gasteiger partial charge in [0.1, 0.15) is 6.26 Å². The molecule has 1 rings (SSSR count). The Bertz CT molecular complexity index is 375. The second-order valence-electron chi connectivity index (χ2n) is 2.91. The van der Waals surface area contributed by atoms with Gasteiger partial charge in [0.2, 0.25) is 0 Å². The first-order valence-electron chi connectivity index (χ1n) is 4.53. The highest BCUT2D eigenvalue weighted by atomic mass is 127. The standard InChI is InChI=1S/C10H12INO4/c1-14-7(3-4-11)5-9-12-8(6-16-9)10(13)15-2/h3-4,6-7H,5H2,1-2H3/b4-3+/t7-/m0/s1. The number of hydrogen-bond acceptors (Lipinski definition) is 5. The van der Waals surface area contributed by atoms with Crippen LogP contribution in [-0.2, 0) is 15.9 Å². The second-order valence-corrected chi connectivity index (χ2v) is 3.63. The third kappa shape index (κ3) is 3.60. The lowest BCUT2D eigenvalue weighted by molar-refractivity contribution is 0.0594. The molecule has 6 heteroatoms. The van der Waals surface area contributed by atoms with Gasteiger partial charge >= 0.3 is 5.97 Å². The fourth-order valence-electron chi connectivity index (χ4n) is 1.09. The van der Waals surface area contributed by atoms with Gasteiger partial charge in [-0.15, -0.1) is 0 Å². The van der Waals surface area contributed by atoms with E-state index in [1.54, 1.807) is 7.11 Å². The van der Waals surface area contributed by atoms with Gasteiger partial charge in [-0.2, -0.15) is 0 Å². The summed E-state index contributed by atoms with van der Waals surface area (Å²) in [7, 11) is 2.90. The molecule has 16 heavy (non-hydrogen) atoms. The summed E-state index contributed by atoms with van der Waals surface area (Å²) in [5, 5.41) is 0. The third-order valence-corrected chi connectivity index (χ3v) is 2.33. The van der Waals surface area contributed by atoms with Crippen molar-refractivity contribution in [3.05, 3.63) is 28.0 Å². The SMILES string of the molecule is COC(=O)c1coc(C[C@H](/C=C/I)OC)n1. The lowest BCUT2D eigenvalue weighted by Gasteiger charge is -2.06. The zero-order valence-corrected chi connectivity index (χ0v) is 11.1. The van der Waals surface area contributed by atoms with Crippen molar-refractivity contribution in [3.8, 4) is 0 Å². The smallest absolute Gasteiger partial charge is 0.360 e. The van der Waals surface area contributed by atoms with Crippen LogP contribution in [0, 0.1) is 0 Å². The van der Waals surface area contributed by atoms with E-state index < -0.39 is 5.97 Å². The number of halogens is 1. The van der Waals surface area contributed by atoms with E-state index in [0.29, 0.717) is 12.3 Å². The van der Waals surface area contributed by atoms with Crippen molar-refractivity contribution >= 4 is 28.6 Å². The molecular weight excluding hydrogens is 325 g/mol. The molecule has 0 amide bonds. The van der Waals surface area contributed by atoms with E-state index in [-0.39, 0.29) is 11.8 Å². The molecule has 0 aliphatic heterocycles. The minimum absolute atomic E-state index is 0.110. The van der Waals surface area contributed by atoms with Gasteiger partial charge in [0.05, 0.1) is 19.6 Å². The van der Waals surface area contributed by atoms with Crippen molar-refractivity contribution < 1.29 is 18.7 Å². The van der Waals surface area contributed by atoms with Gasteiger partial charge in [-0.3, -0.25) is 0 Å². The van der Waals surface area contributed by atoms with Crippen LogP contribution in [0.1, 0.15) is 16.4 Å². The van der Waals surface area contributed by atoms with Gasteiger partial charge in [-0.25, -0.2) is 9.78 Å². The molecule has 1 aromatic rings. The van der Waals surface area contributed by atoms with Crippen LogP contribution in [0.2, 0.25) is 0 Å². The van der Waals surface area contributed by atoms with Crippen LogP contribution < -0.4 is 0 Å². The summed E-state index contributed by atoms with van der Waals surface area (Å²) in [5.74, 6) is -0.0600. The molecule has 0 N–H and O–H groups in total. The Labute approximate surface area is 107 Å². The third-order valence-electron chi connectivity index (χ3n) is 1.91. The minimum atomic E-state index is -0.506. The molecule has 1 heterocycles. The van der Waals surface area contributed by atoms with E-state index in [1.165, 1.54) is 13.4 Å². The molecule has 0 saturated heterocycles. The second kappa shape index (κ2) is 6.64. The van der Waals surface area contributed by atoms with Crippen LogP contribution >= 0.6 is 22.6 Å². The maximum Gasteiger partial charge on any atom is 0.360 e. The lowest BCUT2D eigenvalue weighted by atomic mass is 10.2. The molecule has 0 spiro atoms. The van der Waals surface area contributed by atoms with Crippen molar-refractivity contribution in [2.45, 2.75) is 12.5 Å². The molecule has 1 atom stereocenters. The van der Waals surface area contributed by atoms with E-state index in [1.807, 2.05) is 10.2 Å². The molecule has 0 aliphatic rings. The van der Waals surface area contributed by atoms with E-state index in [2.05, 4.69) is 32.3 Å². The summed E-state index contributed by atoms with van der Waals surface area (Å²) in [4.78, 5) is 15.1. The number of carbonyl (C=O) groups excluding carboxylic acids is 1. The van der Waals surface area contributed by atoms with Gasteiger partial charge < -0.3 is 13.9 Å². The van der Waals surface area contributed by atoms with Gasteiger partial charge in [-0.05, 0) is 10.2 Å². The summed E-state index contributed by atoms with van der Waals surface area (Å²) in [5.41, 5.74) is 0.172. The van der Waals surface area contributed by atoms with E-state index in [9.17, 15) is 4.79 Å². The first kappa shape index (κ1) is 13.2. The van der Waals surface area contributed by atoms with Gasteiger partial charge in [0, 0.05) is 7.11 Å². The number of nitrogens with zero attached hydrogens (tertiary/aromatic N) is 1. The van der Waals surface area contributed by atoms with Crippen LogP contribution in [0.25, 0.3) is 0 Å². The molecule has 0 saturated carbocycles. The summed E-state index contributed by atoms with van der Waals surface area (Å²) in [6.07, 6.45) is 3.53. The highest BCUT2D eigenvalue weighted by molar-refractivity contribution is 14.1. The summed E-state index contributed by atoms with van der Waals surface area (Å²) in [6, 6.07) is 0. The van der Waals surface area contributed by atoms with Crippen LogP contribution in [0.4, 0.5) is 0 Å². The Hall–Kier alpha value is -0.890. The fourth-order valence-corrected chi connectivity index (χ4v) is 1.55. The molecule has 0 aromatic carbocycles. The molecule has 0 bridgehead atoms. The van der Waals surface area contributed by atoms with Gasteiger partial charge in [-0.1, -0.05) is 22.6 Å². The topological polar surface area (TPSA) is 61.6 Å². The zero-order chi connectivity index (χ0) is 12.0. The molecule has 0 aliphatic carbocycles. The van der Waals surface area contributed by atoms with Crippen molar-refractivity contribution in [2.24, 2.45) is 0 Å². The summed E-state index contributed by atoms with van der Waals surface area (Å²) < 4.78 is 16.7. The molecule has 0 unspecified atom stereocenters. The minimum Gasteiger partial charge on any atom is -0.464 e. The Morgan fingerprint density at radius 1 is 1.69 bits per heavy atom. The largest absolute Gasteiger partial charge is 0.464 e. The highest BCUT2D eigenvalue weighted by Gasteiger charge is 2.14. The van der Waals surface area contributed by atoms with Crippen molar-refractivity contribution in [1.82, 2.24) is 4.98 Å². The number of ether oxygens (including phenoxy) is 2. The Balaban J connectivity index is 2.67. The predicted molar refractivity (Wildman–Crippen MR) is 65.5 cm³/mol. The maximum atomic E-state index is 11.1. The van der Waals surface area contributed by atoms with E-state index in [4.69, 9.17) is 9.15 Å². The summed E-state index contributed by atoms with van der Waals surface area (Å²) in [6.45, 7) is 0. The Kier molecular flexibility index (Phi) is 5.47. The van der Waals surface area contributed by atoms with Gasteiger partial charge in [0.25, 0.3) is 0 Å². The molecule has 0 radical (unpaired) electrons. The summed E-state index contributed by atoms with van der Waals surface area (Å²) >= 11 is 2.10. The number of carbonyl (C=O) groups is 1. The van der Waals surface area contributed by atoms with Crippen LogP contribution in [-0.4, -0.2) is 31.3 Å². The number of oxazole rings is 1. The zero-order valence-electron chi connectivity index (χ0n) is 8.97. The lowest BCUT2D eigenvalue weighted by Crippen LogP contribution is -2.11. The predicted octanol–water partition coefficient (Wildman–Crippen LogP) is 1.97.